The smallest absolute Gasteiger partial charge is 0.328 e. The number of benzene rings is 1. The highest BCUT2D eigenvalue weighted by Crippen LogP contribution is 2.26. The Morgan fingerprint density at radius 2 is 1.94 bits per heavy atom. The SMILES string of the molecule is CC(NCCO)(C(=O)O)c1c(F)cccc1F. The molecule has 0 aliphatic heterocycles. The molecule has 0 bridgehead atoms. The van der Waals surface area contributed by atoms with Crippen molar-refractivity contribution < 1.29 is 23.8 Å². The lowest BCUT2D eigenvalue weighted by atomic mass is 9.91. The summed E-state index contributed by atoms with van der Waals surface area (Å²) in [6.45, 7) is 0.724. The molecule has 0 heterocycles. The first-order valence-corrected chi connectivity index (χ1v) is 4.97. The first-order valence-electron chi connectivity index (χ1n) is 4.97. The number of carboxylic acid groups (broad SMARTS) is 1. The van der Waals surface area contributed by atoms with E-state index >= 15 is 0 Å². The van der Waals surface area contributed by atoms with E-state index in [0.717, 1.165) is 25.1 Å². The quantitative estimate of drug-likeness (QED) is 0.719. The summed E-state index contributed by atoms with van der Waals surface area (Å²) >= 11 is 0. The number of aliphatic hydroxyl groups excluding tert-OH is 1. The van der Waals surface area contributed by atoms with Crippen molar-refractivity contribution in [3.63, 3.8) is 0 Å². The van der Waals surface area contributed by atoms with Crippen molar-refractivity contribution in [1.29, 1.82) is 0 Å². The molecule has 0 spiro atoms. The molecule has 0 amide bonds. The molecular weight excluding hydrogens is 232 g/mol. The van der Waals surface area contributed by atoms with Crippen molar-refractivity contribution in [2.24, 2.45) is 0 Å². The van der Waals surface area contributed by atoms with E-state index in [0.29, 0.717) is 0 Å². The second-order valence-corrected chi connectivity index (χ2v) is 3.68. The second-order valence-electron chi connectivity index (χ2n) is 3.68. The number of rotatable bonds is 5. The van der Waals surface area contributed by atoms with E-state index in [2.05, 4.69) is 5.32 Å². The lowest BCUT2D eigenvalue weighted by molar-refractivity contribution is -0.144. The topological polar surface area (TPSA) is 69.6 Å². The molecule has 0 saturated heterocycles. The zero-order valence-electron chi connectivity index (χ0n) is 9.20. The Labute approximate surface area is 96.9 Å². The van der Waals surface area contributed by atoms with Crippen LogP contribution in [0.15, 0.2) is 18.2 Å². The summed E-state index contributed by atoms with van der Waals surface area (Å²) in [7, 11) is 0. The molecule has 0 aliphatic rings. The summed E-state index contributed by atoms with van der Waals surface area (Å²) in [5.74, 6) is -3.31. The Balaban J connectivity index is 3.27. The van der Waals surface area contributed by atoms with Crippen molar-refractivity contribution in [3.8, 4) is 0 Å². The molecule has 3 N–H and O–H groups in total. The summed E-state index contributed by atoms with van der Waals surface area (Å²) in [5, 5.41) is 20.2. The van der Waals surface area contributed by atoms with Crippen molar-refractivity contribution in [3.05, 3.63) is 35.4 Å². The summed E-state index contributed by atoms with van der Waals surface area (Å²) < 4.78 is 27.1. The van der Waals surface area contributed by atoms with Crippen LogP contribution in [0.3, 0.4) is 0 Å². The number of aliphatic carboxylic acids is 1. The number of nitrogens with one attached hydrogen (secondary N) is 1. The number of carboxylic acids is 1. The van der Waals surface area contributed by atoms with Gasteiger partial charge in [0.15, 0.2) is 0 Å². The average molecular weight is 245 g/mol. The van der Waals surface area contributed by atoms with Gasteiger partial charge in [-0.05, 0) is 19.1 Å². The molecule has 1 aromatic rings. The minimum Gasteiger partial charge on any atom is -0.480 e. The van der Waals surface area contributed by atoms with Crippen LogP contribution in [-0.4, -0.2) is 29.3 Å². The number of carbonyl (C=O) groups is 1. The fraction of sp³-hybridized carbons (Fsp3) is 0.364. The van der Waals surface area contributed by atoms with Crippen LogP contribution in [0.1, 0.15) is 12.5 Å². The first kappa shape index (κ1) is 13.5. The van der Waals surface area contributed by atoms with E-state index in [-0.39, 0.29) is 13.2 Å². The fourth-order valence-electron chi connectivity index (χ4n) is 1.55. The van der Waals surface area contributed by atoms with Crippen molar-refractivity contribution in [2.45, 2.75) is 12.5 Å². The molecule has 1 aromatic carbocycles. The Morgan fingerprint density at radius 1 is 1.41 bits per heavy atom. The molecule has 1 rings (SSSR count). The van der Waals surface area contributed by atoms with Crippen LogP contribution in [0.5, 0.6) is 0 Å². The van der Waals surface area contributed by atoms with Gasteiger partial charge in [0.2, 0.25) is 0 Å². The molecule has 4 nitrogen and oxygen atoms in total. The zero-order valence-corrected chi connectivity index (χ0v) is 9.20. The fourth-order valence-corrected chi connectivity index (χ4v) is 1.55. The van der Waals surface area contributed by atoms with Gasteiger partial charge in [-0.3, -0.25) is 5.32 Å². The van der Waals surface area contributed by atoms with E-state index < -0.39 is 28.7 Å². The van der Waals surface area contributed by atoms with Gasteiger partial charge in [0, 0.05) is 6.54 Å². The Morgan fingerprint density at radius 3 is 2.35 bits per heavy atom. The summed E-state index contributed by atoms with van der Waals surface area (Å²) in [5.41, 5.74) is -2.49. The van der Waals surface area contributed by atoms with Crippen molar-refractivity contribution in [1.82, 2.24) is 5.32 Å². The molecule has 94 valence electrons. The van der Waals surface area contributed by atoms with Gasteiger partial charge in [0.1, 0.15) is 17.2 Å². The Hall–Kier alpha value is -1.53. The van der Waals surface area contributed by atoms with Crippen LogP contribution in [0.4, 0.5) is 8.78 Å². The van der Waals surface area contributed by atoms with Crippen LogP contribution in [0, 0.1) is 11.6 Å². The van der Waals surface area contributed by atoms with Crippen LogP contribution in [-0.2, 0) is 10.3 Å². The lowest BCUT2D eigenvalue weighted by Gasteiger charge is -2.27. The van der Waals surface area contributed by atoms with E-state index in [1.807, 2.05) is 0 Å². The van der Waals surface area contributed by atoms with Gasteiger partial charge in [0.05, 0.1) is 12.2 Å². The first-order chi connectivity index (χ1) is 7.93. The van der Waals surface area contributed by atoms with Gasteiger partial charge in [-0.25, -0.2) is 13.6 Å². The molecule has 1 atom stereocenters. The number of aliphatic hydroxyl groups is 1. The maximum absolute atomic E-state index is 13.5. The van der Waals surface area contributed by atoms with Gasteiger partial charge < -0.3 is 10.2 Å². The molecule has 6 heteroatoms. The summed E-state index contributed by atoms with van der Waals surface area (Å²) in [6, 6.07) is 3.13. The molecule has 0 aliphatic carbocycles. The van der Waals surface area contributed by atoms with Gasteiger partial charge in [-0.2, -0.15) is 0 Å². The van der Waals surface area contributed by atoms with Crippen LogP contribution in [0.2, 0.25) is 0 Å². The predicted molar refractivity (Wildman–Crippen MR) is 56.4 cm³/mol. The Kier molecular flexibility index (Phi) is 4.14. The average Bonchev–Trinajstić information content (AvgIpc) is 2.25. The lowest BCUT2D eigenvalue weighted by Crippen LogP contribution is -2.49. The maximum atomic E-state index is 13.5. The van der Waals surface area contributed by atoms with Gasteiger partial charge in [-0.15, -0.1) is 0 Å². The highest BCUT2D eigenvalue weighted by molar-refractivity contribution is 5.80. The zero-order chi connectivity index (χ0) is 13.1. The summed E-state index contributed by atoms with van der Waals surface area (Å²) in [6.07, 6.45) is 0. The number of halogens is 2. The Bertz CT molecular complexity index is 405. The van der Waals surface area contributed by atoms with E-state index in [9.17, 15) is 13.6 Å². The normalized spacial score (nSPS) is 14.4. The molecule has 0 saturated carbocycles. The molecule has 17 heavy (non-hydrogen) atoms. The van der Waals surface area contributed by atoms with Crippen molar-refractivity contribution in [2.75, 3.05) is 13.2 Å². The highest BCUT2D eigenvalue weighted by Gasteiger charge is 2.39. The van der Waals surface area contributed by atoms with Gasteiger partial charge in [0.25, 0.3) is 0 Å². The van der Waals surface area contributed by atoms with E-state index in [1.165, 1.54) is 0 Å². The second kappa shape index (κ2) is 5.20. The van der Waals surface area contributed by atoms with Gasteiger partial charge >= 0.3 is 5.97 Å². The molecule has 0 aromatic heterocycles. The standard InChI is InChI=1S/C11H13F2NO3/c1-11(10(16)17,14-5-6-15)9-7(12)3-2-4-8(9)13/h2-4,14-15H,5-6H2,1H3,(H,16,17). The van der Waals surface area contributed by atoms with Gasteiger partial charge in [-0.1, -0.05) is 6.07 Å². The highest BCUT2D eigenvalue weighted by atomic mass is 19.1. The molecule has 1 unspecified atom stereocenters. The number of hydrogen-bond acceptors (Lipinski definition) is 3. The predicted octanol–water partition coefficient (Wildman–Crippen LogP) is 0.846. The third-order valence-corrected chi connectivity index (χ3v) is 2.48. The van der Waals surface area contributed by atoms with Crippen LogP contribution < -0.4 is 5.32 Å². The van der Waals surface area contributed by atoms with Crippen LogP contribution >= 0.6 is 0 Å². The monoisotopic (exact) mass is 245 g/mol. The number of hydrogen-bond donors (Lipinski definition) is 3. The van der Waals surface area contributed by atoms with Crippen molar-refractivity contribution >= 4 is 5.97 Å². The van der Waals surface area contributed by atoms with E-state index in [1.54, 1.807) is 0 Å². The maximum Gasteiger partial charge on any atom is 0.328 e. The molecule has 0 radical (unpaired) electrons. The largest absolute Gasteiger partial charge is 0.480 e. The van der Waals surface area contributed by atoms with E-state index in [4.69, 9.17) is 10.2 Å². The minimum atomic E-state index is -1.92. The molecule has 0 fully saturated rings. The third-order valence-electron chi connectivity index (χ3n) is 2.48. The minimum absolute atomic E-state index is 0.0867. The van der Waals surface area contributed by atoms with Crippen LogP contribution in [0.25, 0.3) is 0 Å². The summed E-state index contributed by atoms with van der Waals surface area (Å²) in [4.78, 5) is 11.2. The third kappa shape index (κ3) is 2.59. The molecular formula is C11H13F2NO3.